The van der Waals surface area contributed by atoms with Crippen LogP contribution in [0.2, 0.25) is 0 Å². The minimum atomic E-state index is -0.851. The predicted molar refractivity (Wildman–Crippen MR) is 98.7 cm³/mol. The number of benzene rings is 2. The van der Waals surface area contributed by atoms with Gasteiger partial charge in [-0.2, -0.15) is 5.10 Å². The smallest absolute Gasteiger partial charge is 0.338 e. The molecule has 1 aromatic heterocycles. The van der Waals surface area contributed by atoms with E-state index >= 15 is 0 Å². The first-order chi connectivity index (χ1) is 12.5. The molecule has 0 saturated carbocycles. The summed E-state index contributed by atoms with van der Waals surface area (Å²) in [5, 5.41) is 4.14. The Morgan fingerprint density at radius 1 is 1.00 bits per heavy atom. The largest absolute Gasteiger partial charge is 0.451 e. The van der Waals surface area contributed by atoms with Crippen molar-refractivity contribution in [3.05, 3.63) is 83.2 Å². The second kappa shape index (κ2) is 7.35. The number of ketones is 1. The second-order valence-corrected chi connectivity index (χ2v) is 6.21. The number of hydrogen-bond donors (Lipinski definition) is 0. The highest BCUT2D eigenvalue weighted by molar-refractivity contribution is 6.01. The first-order valence-corrected chi connectivity index (χ1v) is 8.38. The molecule has 0 radical (unpaired) electrons. The van der Waals surface area contributed by atoms with Gasteiger partial charge in [0, 0.05) is 18.0 Å². The van der Waals surface area contributed by atoms with Gasteiger partial charge in [0.25, 0.3) is 0 Å². The van der Waals surface area contributed by atoms with Crippen molar-refractivity contribution in [3.8, 4) is 5.69 Å². The lowest BCUT2D eigenvalue weighted by atomic mass is 10.0. The van der Waals surface area contributed by atoms with E-state index < -0.39 is 12.1 Å². The highest BCUT2D eigenvalue weighted by atomic mass is 16.5. The molecule has 26 heavy (non-hydrogen) atoms. The van der Waals surface area contributed by atoms with Crippen LogP contribution in [0.25, 0.3) is 5.69 Å². The van der Waals surface area contributed by atoms with Crippen LogP contribution in [0.3, 0.4) is 0 Å². The number of aromatic nitrogens is 2. The summed E-state index contributed by atoms with van der Waals surface area (Å²) < 4.78 is 7.04. The second-order valence-electron chi connectivity index (χ2n) is 6.21. The monoisotopic (exact) mass is 348 g/mol. The minimum Gasteiger partial charge on any atom is -0.451 e. The summed E-state index contributed by atoms with van der Waals surface area (Å²) in [6.07, 6.45) is 2.65. The Morgan fingerprint density at radius 3 is 2.31 bits per heavy atom. The number of nitrogens with zero attached hydrogens (tertiary/aromatic N) is 2. The maximum atomic E-state index is 12.5. The van der Waals surface area contributed by atoms with Crippen molar-refractivity contribution < 1.29 is 14.3 Å². The van der Waals surface area contributed by atoms with Gasteiger partial charge in [-0.3, -0.25) is 4.79 Å². The molecule has 5 nitrogen and oxygen atoms in total. The summed E-state index contributed by atoms with van der Waals surface area (Å²) in [6.45, 7) is 5.53. The van der Waals surface area contributed by atoms with Crippen LogP contribution in [0.5, 0.6) is 0 Å². The third kappa shape index (κ3) is 3.72. The molecule has 5 heteroatoms. The Kier molecular flexibility index (Phi) is 4.98. The zero-order valence-corrected chi connectivity index (χ0v) is 15.0. The van der Waals surface area contributed by atoms with Gasteiger partial charge >= 0.3 is 5.97 Å². The van der Waals surface area contributed by atoms with E-state index in [0.29, 0.717) is 11.1 Å². The molecule has 0 N–H and O–H groups in total. The molecule has 1 unspecified atom stereocenters. The van der Waals surface area contributed by atoms with Crippen LogP contribution in [-0.2, 0) is 4.74 Å². The highest BCUT2D eigenvalue weighted by Crippen LogP contribution is 2.15. The van der Waals surface area contributed by atoms with E-state index in [0.717, 1.165) is 16.8 Å². The Labute approximate surface area is 152 Å². The van der Waals surface area contributed by atoms with Crippen molar-refractivity contribution in [3.63, 3.8) is 0 Å². The normalized spacial score (nSPS) is 11.8. The van der Waals surface area contributed by atoms with Gasteiger partial charge in [-0.15, -0.1) is 0 Å². The first-order valence-electron chi connectivity index (χ1n) is 8.38. The molecule has 0 bridgehead atoms. The van der Waals surface area contributed by atoms with Gasteiger partial charge in [0.15, 0.2) is 6.10 Å². The van der Waals surface area contributed by atoms with Gasteiger partial charge < -0.3 is 4.74 Å². The van der Waals surface area contributed by atoms with Gasteiger partial charge in [-0.1, -0.05) is 12.1 Å². The molecule has 1 atom stereocenters. The molecule has 0 aliphatic heterocycles. The van der Waals surface area contributed by atoms with Crippen LogP contribution in [0.1, 0.15) is 38.8 Å². The molecule has 0 amide bonds. The summed E-state index contributed by atoms with van der Waals surface area (Å²) in [7, 11) is 0. The summed E-state index contributed by atoms with van der Waals surface area (Å²) in [5.41, 5.74) is 3.92. The standard InChI is InChI=1S/C21H20N2O3/c1-14-5-6-18(13-15(14)2)20(24)16(3)26-21(25)17-7-9-19(10-8-17)23-12-4-11-22-23/h4-13,16H,1-3H3. The predicted octanol–water partition coefficient (Wildman–Crippen LogP) is 3.92. The van der Waals surface area contributed by atoms with Crippen LogP contribution in [0.15, 0.2) is 60.9 Å². The van der Waals surface area contributed by atoms with E-state index in [4.69, 9.17) is 4.74 Å². The van der Waals surface area contributed by atoms with Gasteiger partial charge in [0.05, 0.1) is 11.3 Å². The number of carbonyl (C=O) groups excluding carboxylic acids is 2. The van der Waals surface area contributed by atoms with E-state index in [1.54, 1.807) is 48.1 Å². The number of hydrogen-bond acceptors (Lipinski definition) is 4. The number of esters is 1. The first kappa shape index (κ1) is 17.6. The van der Waals surface area contributed by atoms with Gasteiger partial charge in [0.2, 0.25) is 5.78 Å². The Balaban J connectivity index is 1.68. The Morgan fingerprint density at radius 2 is 1.69 bits per heavy atom. The molecule has 0 saturated heterocycles. The Hall–Kier alpha value is -3.21. The zero-order chi connectivity index (χ0) is 18.7. The number of carbonyl (C=O) groups is 2. The molecule has 0 spiro atoms. The van der Waals surface area contributed by atoms with Gasteiger partial charge in [-0.05, 0) is 68.3 Å². The van der Waals surface area contributed by atoms with Crippen LogP contribution in [0, 0.1) is 13.8 Å². The molecule has 132 valence electrons. The van der Waals surface area contributed by atoms with Crippen molar-refractivity contribution in [1.29, 1.82) is 0 Å². The van der Waals surface area contributed by atoms with Crippen LogP contribution in [-0.4, -0.2) is 27.6 Å². The summed E-state index contributed by atoms with van der Waals surface area (Å²) in [5.74, 6) is -0.740. The lowest BCUT2D eigenvalue weighted by Crippen LogP contribution is -2.24. The maximum Gasteiger partial charge on any atom is 0.338 e. The van der Waals surface area contributed by atoms with E-state index in [9.17, 15) is 9.59 Å². The molecular formula is C21H20N2O3. The third-order valence-corrected chi connectivity index (χ3v) is 4.32. The van der Waals surface area contributed by atoms with Crippen LogP contribution < -0.4 is 0 Å². The van der Waals surface area contributed by atoms with Crippen molar-refractivity contribution in [2.45, 2.75) is 26.9 Å². The van der Waals surface area contributed by atoms with Gasteiger partial charge in [-0.25, -0.2) is 9.48 Å². The molecule has 1 heterocycles. The van der Waals surface area contributed by atoms with E-state index in [1.165, 1.54) is 0 Å². The molecule has 3 aromatic rings. The molecule has 2 aromatic carbocycles. The fraction of sp³-hybridized carbons (Fsp3) is 0.190. The highest BCUT2D eigenvalue weighted by Gasteiger charge is 2.20. The quantitative estimate of drug-likeness (QED) is 0.518. The fourth-order valence-corrected chi connectivity index (χ4v) is 2.58. The molecule has 0 aliphatic rings. The van der Waals surface area contributed by atoms with Gasteiger partial charge in [0.1, 0.15) is 0 Å². The molecule has 0 aliphatic carbocycles. The van der Waals surface area contributed by atoms with E-state index in [2.05, 4.69) is 5.10 Å². The van der Waals surface area contributed by atoms with Crippen LogP contribution in [0.4, 0.5) is 0 Å². The molecular weight excluding hydrogens is 328 g/mol. The van der Waals surface area contributed by atoms with E-state index in [1.807, 2.05) is 38.2 Å². The van der Waals surface area contributed by atoms with Crippen molar-refractivity contribution in [1.82, 2.24) is 9.78 Å². The number of Topliss-reactive ketones (excluding diaryl/α,β-unsaturated/α-hetero) is 1. The number of aryl methyl sites for hydroxylation is 2. The Bertz CT molecular complexity index is 928. The lowest BCUT2D eigenvalue weighted by molar-refractivity contribution is 0.0319. The fourth-order valence-electron chi connectivity index (χ4n) is 2.58. The topological polar surface area (TPSA) is 61.2 Å². The maximum absolute atomic E-state index is 12.5. The number of rotatable bonds is 5. The van der Waals surface area contributed by atoms with Crippen molar-refractivity contribution in [2.24, 2.45) is 0 Å². The van der Waals surface area contributed by atoms with Crippen molar-refractivity contribution in [2.75, 3.05) is 0 Å². The average Bonchev–Trinajstić information content (AvgIpc) is 3.18. The summed E-state index contributed by atoms with van der Waals surface area (Å²) >= 11 is 0. The SMILES string of the molecule is Cc1ccc(C(=O)C(C)OC(=O)c2ccc(-n3cccn3)cc2)cc1C. The lowest BCUT2D eigenvalue weighted by Gasteiger charge is -2.13. The minimum absolute atomic E-state index is 0.213. The van der Waals surface area contributed by atoms with Crippen LogP contribution >= 0.6 is 0 Å². The molecule has 3 rings (SSSR count). The number of ether oxygens (including phenoxy) is 1. The van der Waals surface area contributed by atoms with E-state index in [-0.39, 0.29) is 5.78 Å². The third-order valence-electron chi connectivity index (χ3n) is 4.32. The zero-order valence-electron chi connectivity index (χ0n) is 15.0. The average molecular weight is 348 g/mol. The summed E-state index contributed by atoms with van der Waals surface area (Å²) in [4.78, 5) is 24.8. The summed E-state index contributed by atoms with van der Waals surface area (Å²) in [6, 6.07) is 14.2. The molecule has 0 fully saturated rings. The van der Waals surface area contributed by atoms with Crippen molar-refractivity contribution >= 4 is 11.8 Å².